The van der Waals surface area contributed by atoms with Crippen LogP contribution in [0.5, 0.6) is 0 Å². The van der Waals surface area contributed by atoms with Crippen molar-refractivity contribution in [1.29, 1.82) is 0 Å². The molecule has 3 rings (SSSR count). The Kier molecular flexibility index (Phi) is 5.71. The van der Waals surface area contributed by atoms with Crippen LogP contribution in [-0.2, 0) is 4.79 Å². The summed E-state index contributed by atoms with van der Waals surface area (Å²) >= 11 is 7.42. The number of allylic oxidation sites excluding steroid dienone is 1. The number of aliphatic imine (C=N–C) groups is 1. The van der Waals surface area contributed by atoms with E-state index in [0.29, 0.717) is 16.5 Å². The zero-order valence-corrected chi connectivity index (χ0v) is 15.8. The summed E-state index contributed by atoms with van der Waals surface area (Å²) in [5.74, 6) is -1.20. The summed E-state index contributed by atoms with van der Waals surface area (Å²) in [6, 6.07) is 2.52. The number of aromatic nitrogens is 1. The molecule has 0 unspecified atom stereocenters. The summed E-state index contributed by atoms with van der Waals surface area (Å²) in [6.45, 7) is 0.0464. The summed E-state index contributed by atoms with van der Waals surface area (Å²) in [6.07, 6.45) is -3.00. The molecule has 0 spiro atoms. The number of hydrogen-bond donors (Lipinski definition) is 2. The number of nitrogens with one attached hydrogen (secondary N) is 2. The molecule has 28 heavy (non-hydrogen) atoms. The lowest BCUT2D eigenvalue weighted by Crippen LogP contribution is -2.39. The smallest absolute Gasteiger partial charge is 0.343 e. The predicted octanol–water partition coefficient (Wildman–Crippen LogP) is 3.98. The third-order valence-electron chi connectivity index (χ3n) is 3.83. The lowest BCUT2D eigenvalue weighted by atomic mass is 9.95. The molecule has 0 radical (unpaired) electrons. The highest BCUT2D eigenvalue weighted by Crippen LogP contribution is 2.36. The summed E-state index contributed by atoms with van der Waals surface area (Å²) in [5, 5.41) is 6.99. The normalized spacial score (nSPS) is 17.2. The van der Waals surface area contributed by atoms with Gasteiger partial charge in [0.2, 0.25) is 0 Å². The van der Waals surface area contributed by atoms with Crippen molar-refractivity contribution in [2.24, 2.45) is 4.99 Å². The molecular formula is C17H13ClF4N4OS. The minimum Gasteiger partial charge on any atom is -0.343 e. The van der Waals surface area contributed by atoms with Crippen molar-refractivity contribution >= 4 is 34.7 Å². The van der Waals surface area contributed by atoms with Crippen LogP contribution in [0.1, 0.15) is 23.5 Å². The van der Waals surface area contributed by atoms with Gasteiger partial charge in [0.15, 0.2) is 10.8 Å². The number of alkyl halides is 3. The number of carbonyl (C=O) groups is 1. The number of nitrogens with zero attached hydrogens (tertiary/aromatic N) is 2. The van der Waals surface area contributed by atoms with Crippen LogP contribution in [0.2, 0.25) is 5.02 Å². The third-order valence-corrected chi connectivity index (χ3v) is 4.93. The van der Waals surface area contributed by atoms with Gasteiger partial charge < -0.3 is 10.6 Å². The molecule has 0 aliphatic carbocycles. The molecule has 1 aliphatic rings. The lowest BCUT2D eigenvalue weighted by Gasteiger charge is -2.26. The molecule has 0 bridgehead atoms. The number of rotatable bonds is 4. The highest BCUT2D eigenvalue weighted by Gasteiger charge is 2.34. The zero-order chi connectivity index (χ0) is 20.5. The van der Waals surface area contributed by atoms with Crippen LogP contribution in [0.25, 0.3) is 0 Å². The summed E-state index contributed by atoms with van der Waals surface area (Å²) in [5.41, 5.74) is 0.540. The Balaban J connectivity index is 2.03. The van der Waals surface area contributed by atoms with E-state index in [4.69, 9.17) is 11.6 Å². The highest BCUT2D eigenvalue weighted by molar-refractivity contribution is 7.11. The van der Waals surface area contributed by atoms with Crippen LogP contribution in [0, 0.1) is 5.82 Å². The Morgan fingerprint density at radius 1 is 1.39 bits per heavy atom. The number of halogens is 5. The molecule has 1 atom stereocenters. The molecular weight excluding hydrogens is 420 g/mol. The quantitative estimate of drug-likeness (QED) is 0.718. The van der Waals surface area contributed by atoms with Gasteiger partial charge in [0.1, 0.15) is 18.4 Å². The van der Waals surface area contributed by atoms with Crippen molar-refractivity contribution in [2.75, 3.05) is 6.54 Å². The second-order valence-corrected chi connectivity index (χ2v) is 7.15. The van der Waals surface area contributed by atoms with Gasteiger partial charge in [-0.25, -0.2) is 9.37 Å². The average molecular weight is 433 g/mol. The minimum atomic E-state index is -4.56. The van der Waals surface area contributed by atoms with Gasteiger partial charge in [-0.15, -0.1) is 11.3 Å². The second-order valence-electron chi connectivity index (χ2n) is 5.84. The van der Waals surface area contributed by atoms with Gasteiger partial charge in [-0.05, 0) is 19.1 Å². The Bertz CT molecular complexity index is 957. The molecule has 0 saturated heterocycles. The molecule has 1 amide bonds. The Morgan fingerprint density at radius 2 is 2.14 bits per heavy atom. The van der Waals surface area contributed by atoms with Gasteiger partial charge in [-0.3, -0.25) is 9.79 Å². The molecule has 5 nitrogen and oxygen atoms in total. The van der Waals surface area contributed by atoms with Crippen molar-refractivity contribution < 1.29 is 22.4 Å². The fourth-order valence-corrected chi connectivity index (χ4v) is 3.50. The summed E-state index contributed by atoms with van der Waals surface area (Å²) in [4.78, 5) is 21.1. The molecule has 148 valence electrons. The van der Waals surface area contributed by atoms with E-state index in [1.54, 1.807) is 11.6 Å². The van der Waals surface area contributed by atoms with Crippen LogP contribution in [0.4, 0.5) is 17.6 Å². The van der Waals surface area contributed by atoms with Crippen molar-refractivity contribution in [3.8, 4) is 0 Å². The van der Waals surface area contributed by atoms with Crippen molar-refractivity contribution in [2.45, 2.75) is 19.1 Å². The Hall–Kier alpha value is -2.46. The number of carbonyl (C=O) groups excluding carboxylic acids is 1. The van der Waals surface area contributed by atoms with E-state index in [1.807, 2.05) is 5.32 Å². The van der Waals surface area contributed by atoms with E-state index in [0.717, 1.165) is 12.1 Å². The van der Waals surface area contributed by atoms with Crippen LogP contribution >= 0.6 is 22.9 Å². The van der Waals surface area contributed by atoms with Crippen LogP contribution in [0.3, 0.4) is 0 Å². The first-order valence-corrected chi connectivity index (χ1v) is 9.17. The largest absolute Gasteiger partial charge is 0.405 e. The number of thiazole rings is 1. The number of hydrogen-bond acceptors (Lipinski definition) is 5. The van der Waals surface area contributed by atoms with E-state index in [1.165, 1.54) is 24.3 Å². The maximum atomic E-state index is 13.4. The van der Waals surface area contributed by atoms with E-state index < -0.39 is 30.5 Å². The number of benzene rings is 1. The molecule has 1 aliphatic heterocycles. The molecule has 11 heteroatoms. The van der Waals surface area contributed by atoms with Crippen molar-refractivity contribution in [1.82, 2.24) is 15.6 Å². The number of amidine groups is 1. The molecule has 2 N–H and O–H groups in total. The third kappa shape index (κ3) is 4.50. The summed E-state index contributed by atoms with van der Waals surface area (Å²) in [7, 11) is 0. The first-order valence-electron chi connectivity index (χ1n) is 7.91. The second kappa shape index (κ2) is 7.88. The van der Waals surface area contributed by atoms with E-state index in [-0.39, 0.29) is 16.2 Å². The van der Waals surface area contributed by atoms with E-state index >= 15 is 0 Å². The van der Waals surface area contributed by atoms with Gasteiger partial charge in [0, 0.05) is 27.9 Å². The van der Waals surface area contributed by atoms with Gasteiger partial charge in [-0.2, -0.15) is 13.2 Å². The first kappa shape index (κ1) is 20.3. The van der Waals surface area contributed by atoms with Gasteiger partial charge >= 0.3 is 6.18 Å². The maximum Gasteiger partial charge on any atom is 0.405 e. The fourth-order valence-electron chi connectivity index (χ4n) is 2.64. The highest BCUT2D eigenvalue weighted by atomic mass is 35.5. The van der Waals surface area contributed by atoms with Crippen LogP contribution < -0.4 is 10.6 Å². The Labute approximate surface area is 166 Å². The Morgan fingerprint density at radius 3 is 2.75 bits per heavy atom. The molecule has 2 aromatic rings. The molecule has 0 saturated carbocycles. The van der Waals surface area contributed by atoms with Crippen LogP contribution in [0.15, 0.2) is 46.0 Å². The lowest BCUT2D eigenvalue weighted by molar-refractivity contribution is -0.136. The van der Waals surface area contributed by atoms with Crippen LogP contribution in [-0.4, -0.2) is 29.4 Å². The van der Waals surface area contributed by atoms with Gasteiger partial charge in [0.25, 0.3) is 5.91 Å². The number of amides is 1. The molecule has 0 fully saturated rings. The van der Waals surface area contributed by atoms with Gasteiger partial charge in [-0.1, -0.05) is 17.7 Å². The molecule has 1 aromatic carbocycles. The standard InChI is InChI=1S/C17H13ClF4N4OS/c1-8-12(15(27)24-7-17(20,21)22)13(10-3-2-9(19)6-11(10)18)26-14(25-8)16-23-4-5-28-16/h2-6,13H,7H2,1H3,(H,24,27)(H,25,26)/t13-/m0/s1. The maximum absolute atomic E-state index is 13.4. The fraction of sp³-hybridized carbons (Fsp3) is 0.235. The average Bonchev–Trinajstić information content (AvgIpc) is 3.13. The van der Waals surface area contributed by atoms with E-state index in [2.05, 4.69) is 15.3 Å². The predicted molar refractivity (Wildman–Crippen MR) is 97.7 cm³/mol. The van der Waals surface area contributed by atoms with E-state index in [9.17, 15) is 22.4 Å². The molecule has 1 aromatic heterocycles. The topological polar surface area (TPSA) is 66.4 Å². The summed E-state index contributed by atoms with van der Waals surface area (Å²) < 4.78 is 51.0. The SMILES string of the molecule is CC1=C(C(=O)NCC(F)(F)F)[C@H](c2ccc(F)cc2Cl)N=C(c2nccs2)N1. The monoisotopic (exact) mass is 432 g/mol. The first-order chi connectivity index (χ1) is 13.2. The zero-order valence-electron chi connectivity index (χ0n) is 14.3. The van der Waals surface area contributed by atoms with Crippen molar-refractivity contribution in [3.63, 3.8) is 0 Å². The van der Waals surface area contributed by atoms with Crippen molar-refractivity contribution in [3.05, 3.63) is 62.5 Å². The molecule has 2 heterocycles. The van der Waals surface area contributed by atoms with Gasteiger partial charge in [0.05, 0.1) is 5.57 Å². The minimum absolute atomic E-state index is 0.00283.